The van der Waals surface area contributed by atoms with Gasteiger partial charge >= 0.3 is 0 Å². The molecule has 0 bridgehead atoms. The summed E-state index contributed by atoms with van der Waals surface area (Å²) >= 11 is 0. The third-order valence-corrected chi connectivity index (χ3v) is 3.71. The number of hydrogen-bond acceptors (Lipinski definition) is 5. The molecule has 0 spiro atoms. The van der Waals surface area contributed by atoms with Crippen molar-refractivity contribution in [2.45, 2.75) is 69.9 Å². The van der Waals surface area contributed by atoms with Crippen molar-refractivity contribution < 1.29 is 24.8 Å². The Morgan fingerprint density at radius 2 is 1.90 bits per heavy atom. The number of ether oxygens (including phenoxy) is 2. The maximum absolute atomic E-state index is 9.94. The Bertz CT molecular complexity index is 282. The largest absolute Gasteiger partial charge is 0.394 e. The van der Waals surface area contributed by atoms with Gasteiger partial charge in [-0.3, -0.25) is 0 Å². The van der Waals surface area contributed by atoms with Crippen LogP contribution in [0.1, 0.15) is 45.4 Å². The Labute approximate surface area is 127 Å². The molecule has 0 saturated carbocycles. The number of aliphatic hydroxyl groups excluding tert-OH is 3. The molecule has 0 radical (unpaired) electrons. The van der Waals surface area contributed by atoms with Crippen molar-refractivity contribution in [3.63, 3.8) is 0 Å². The van der Waals surface area contributed by atoms with E-state index in [9.17, 15) is 10.2 Å². The lowest BCUT2D eigenvalue weighted by Crippen LogP contribution is -2.55. The van der Waals surface area contributed by atoms with Gasteiger partial charge in [-0.05, 0) is 25.7 Å². The van der Waals surface area contributed by atoms with Crippen LogP contribution in [0.2, 0.25) is 0 Å². The highest BCUT2D eigenvalue weighted by molar-refractivity contribution is 4.87. The van der Waals surface area contributed by atoms with Gasteiger partial charge in [0.05, 0.1) is 13.2 Å². The van der Waals surface area contributed by atoms with Crippen LogP contribution in [-0.4, -0.2) is 59.6 Å². The molecule has 0 aromatic rings. The zero-order valence-electron chi connectivity index (χ0n) is 13.0. The summed E-state index contributed by atoms with van der Waals surface area (Å²) in [6.07, 6.45) is 7.83. The average Bonchev–Trinajstić information content (AvgIpc) is 2.48. The van der Waals surface area contributed by atoms with Crippen LogP contribution in [0.25, 0.3) is 0 Å². The van der Waals surface area contributed by atoms with Gasteiger partial charge in [0.25, 0.3) is 0 Å². The van der Waals surface area contributed by atoms with Gasteiger partial charge in [-0.2, -0.15) is 0 Å². The summed E-state index contributed by atoms with van der Waals surface area (Å²) in [7, 11) is 0. The molecule has 0 aliphatic carbocycles. The van der Waals surface area contributed by atoms with Crippen LogP contribution in [0.3, 0.4) is 0 Å². The Morgan fingerprint density at radius 3 is 2.62 bits per heavy atom. The number of hydrogen-bond donors (Lipinski definition) is 3. The molecule has 1 rings (SSSR count). The van der Waals surface area contributed by atoms with E-state index in [0.717, 1.165) is 32.1 Å². The zero-order valence-corrected chi connectivity index (χ0v) is 13.0. The molecular formula is C16H30O5. The molecule has 1 aliphatic rings. The number of aliphatic hydroxyl groups is 3. The van der Waals surface area contributed by atoms with E-state index < -0.39 is 24.4 Å². The third kappa shape index (κ3) is 6.89. The van der Waals surface area contributed by atoms with E-state index in [0.29, 0.717) is 6.61 Å². The summed E-state index contributed by atoms with van der Waals surface area (Å²) in [6.45, 7) is 2.50. The second-order valence-corrected chi connectivity index (χ2v) is 5.56. The minimum atomic E-state index is -0.976. The van der Waals surface area contributed by atoms with Crippen molar-refractivity contribution in [1.82, 2.24) is 0 Å². The molecule has 21 heavy (non-hydrogen) atoms. The minimum absolute atomic E-state index is 0.0924. The summed E-state index contributed by atoms with van der Waals surface area (Å²) in [6, 6.07) is 0. The standard InChI is InChI=1S/C16H30O5/c1-2-3-4-5-6-7-8-9-10-20-16-13(18)12-21-14(11-17)15(16)19/h4-5,13-19H,2-3,6-12H2,1H3/b5-4+/t13-,14+,15+,16+/m1/s1. The normalized spacial score (nSPS) is 30.1. The maximum atomic E-state index is 9.94. The molecule has 0 unspecified atom stereocenters. The zero-order chi connectivity index (χ0) is 15.5. The van der Waals surface area contributed by atoms with Crippen molar-refractivity contribution in [3.05, 3.63) is 12.2 Å². The molecule has 1 heterocycles. The van der Waals surface area contributed by atoms with Crippen LogP contribution in [0, 0.1) is 0 Å². The van der Waals surface area contributed by atoms with E-state index in [-0.39, 0.29) is 13.2 Å². The Hall–Kier alpha value is -0.460. The average molecular weight is 302 g/mol. The number of unbranched alkanes of at least 4 members (excludes halogenated alkanes) is 4. The van der Waals surface area contributed by atoms with E-state index in [1.54, 1.807) is 0 Å². The van der Waals surface area contributed by atoms with Gasteiger partial charge in [-0.25, -0.2) is 0 Å². The van der Waals surface area contributed by atoms with Gasteiger partial charge in [-0.1, -0.05) is 31.9 Å². The van der Waals surface area contributed by atoms with Crippen molar-refractivity contribution in [3.8, 4) is 0 Å². The first kappa shape index (κ1) is 18.6. The highest BCUT2D eigenvalue weighted by atomic mass is 16.6. The lowest BCUT2D eigenvalue weighted by molar-refractivity contribution is -0.210. The maximum Gasteiger partial charge on any atom is 0.114 e. The molecule has 1 fully saturated rings. The van der Waals surface area contributed by atoms with Crippen molar-refractivity contribution >= 4 is 0 Å². The van der Waals surface area contributed by atoms with Crippen LogP contribution in [0.5, 0.6) is 0 Å². The van der Waals surface area contributed by atoms with Crippen LogP contribution >= 0.6 is 0 Å². The lowest BCUT2D eigenvalue weighted by Gasteiger charge is -2.37. The van der Waals surface area contributed by atoms with E-state index >= 15 is 0 Å². The van der Waals surface area contributed by atoms with E-state index in [2.05, 4.69) is 19.1 Å². The second-order valence-electron chi connectivity index (χ2n) is 5.56. The Balaban J connectivity index is 2.10. The van der Waals surface area contributed by atoms with E-state index in [1.165, 1.54) is 6.42 Å². The fourth-order valence-electron chi connectivity index (χ4n) is 2.39. The highest BCUT2D eigenvalue weighted by Gasteiger charge is 2.38. The van der Waals surface area contributed by atoms with Crippen molar-refractivity contribution in [2.75, 3.05) is 19.8 Å². The summed E-state index contributed by atoms with van der Waals surface area (Å²) in [5.74, 6) is 0. The number of rotatable bonds is 10. The molecule has 4 atom stereocenters. The van der Waals surface area contributed by atoms with Gasteiger partial charge in [0.1, 0.15) is 24.4 Å². The smallest absolute Gasteiger partial charge is 0.114 e. The summed E-state index contributed by atoms with van der Waals surface area (Å²) < 4.78 is 10.7. The molecule has 0 amide bonds. The van der Waals surface area contributed by atoms with Gasteiger partial charge in [-0.15, -0.1) is 0 Å². The van der Waals surface area contributed by atoms with Gasteiger partial charge < -0.3 is 24.8 Å². The summed E-state index contributed by atoms with van der Waals surface area (Å²) in [5, 5.41) is 28.8. The lowest BCUT2D eigenvalue weighted by atomic mass is 10.0. The molecule has 1 saturated heterocycles. The van der Waals surface area contributed by atoms with Crippen molar-refractivity contribution in [1.29, 1.82) is 0 Å². The second kappa shape index (κ2) is 11.2. The van der Waals surface area contributed by atoms with E-state index in [4.69, 9.17) is 14.6 Å². The molecule has 1 aliphatic heterocycles. The fraction of sp³-hybridized carbons (Fsp3) is 0.875. The van der Waals surface area contributed by atoms with Crippen LogP contribution in [0.15, 0.2) is 12.2 Å². The quantitative estimate of drug-likeness (QED) is 0.420. The molecule has 5 heteroatoms. The fourth-order valence-corrected chi connectivity index (χ4v) is 2.39. The number of allylic oxidation sites excluding steroid dienone is 2. The summed E-state index contributed by atoms with van der Waals surface area (Å²) in [4.78, 5) is 0. The monoisotopic (exact) mass is 302 g/mol. The Morgan fingerprint density at radius 1 is 1.14 bits per heavy atom. The van der Waals surface area contributed by atoms with Crippen LogP contribution in [0.4, 0.5) is 0 Å². The van der Waals surface area contributed by atoms with Crippen LogP contribution in [-0.2, 0) is 9.47 Å². The van der Waals surface area contributed by atoms with Gasteiger partial charge in [0, 0.05) is 6.61 Å². The minimum Gasteiger partial charge on any atom is -0.394 e. The third-order valence-electron chi connectivity index (χ3n) is 3.71. The summed E-state index contributed by atoms with van der Waals surface area (Å²) in [5.41, 5.74) is 0. The first-order valence-electron chi connectivity index (χ1n) is 8.05. The predicted molar refractivity (Wildman–Crippen MR) is 81.1 cm³/mol. The molecular weight excluding hydrogens is 272 g/mol. The topological polar surface area (TPSA) is 79.2 Å². The predicted octanol–water partition coefficient (Wildman–Crippen LogP) is 1.40. The SMILES string of the molecule is CCC/C=C/CCCCCO[C@@H]1[C@@H](O)[C@H](CO)OC[C@H]1O. The Kier molecular flexibility index (Phi) is 9.87. The van der Waals surface area contributed by atoms with Crippen LogP contribution < -0.4 is 0 Å². The highest BCUT2D eigenvalue weighted by Crippen LogP contribution is 2.18. The first-order valence-corrected chi connectivity index (χ1v) is 8.05. The molecule has 5 nitrogen and oxygen atoms in total. The van der Waals surface area contributed by atoms with Crippen molar-refractivity contribution in [2.24, 2.45) is 0 Å². The van der Waals surface area contributed by atoms with E-state index in [1.807, 2.05) is 0 Å². The van der Waals surface area contributed by atoms with Gasteiger partial charge in [0.15, 0.2) is 0 Å². The molecule has 3 N–H and O–H groups in total. The molecule has 0 aromatic heterocycles. The molecule has 0 aromatic carbocycles. The van der Waals surface area contributed by atoms with Gasteiger partial charge in [0.2, 0.25) is 0 Å². The molecule has 124 valence electrons. The first-order chi connectivity index (χ1) is 10.2.